The van der Waals surface area contributed by atoms with Gasteiger partial charge in [0, 0.05) is 64.9 Å². The van der Waals surface area contributed by atoms with E-state index in [0.29, 0.717) is 30.5 Å². The lowest BCUT2D eigenvalue weighted by atomic mass is 9.74. The maximum Gasteiger partial charge on any atom is 0.294 e. The maximum absolute atomic E-state index is 12.4. The molecular weight excluding hydrogens is 613 g/mol. The molecule has 4 heterocycles. The summed E-state index contributed by atoms with van der Waals surface area (Å²) in [5, 5.41) is 9.66. The number of allylic oxidation sites excluding steroid dienone is 7. The van der Waals surface area contributed by atoms with Crippen molar-refractivity contribution in [2.45, 2.75) is 80.4 Å². The molecule has 11 heteroatoms. The Morgan fingerprint density at radius 3 is 2.11 bits per heavy atom. The predicted molar refractivity (Wildman–Crippen MR) is 175 cm³/mol. The van der Waals surface area contributed by atoms with Gasteiger partial charge in [-0.25, -0.2) is 0 Å². The third-order valence-electron chi connectivity index (χ3n) is 9.76. The minimum absolute atomic E-state index is 0.0156. The molecule has 2 aromatic rings. The minimum Gasteiger partial charge on any atom is -0.396 e. The molecule has 0 radical (unpaired) electrons. The molecule has 3 N–H and O–H groups in total. The van der Waals surface area contributed by atoms with E-state index in [1.165, 1.54) is 12.1 Å². The van der Waals surface area contributed by atoms with Crippen LogP contribution in [0, 0.1) is 0 Å². The number of anilines is 2. The summed E-state index contributed by atoms with van der Waals surface area (Å²) in [6, 6.07) is 6.59. The van der Waals surface area contributed by atoms with Crippen LogP contribution in [-0.4, -0.2) is 50.7 Å². The average molecular weight is 653 g/mol. The van der Waals surface area contributed by atoms with Crippen molar-refractivity contribution in [3.8, 4) is 0 Å². The molecule has 0 bridgehead atoms. The molecule has 0 spiro atoms. The number of hydrogen-bond acceptors (Lipinski definition) is 7. The van der Waals surface area contributed by atoms with Gasteiger partial charge in [0.25, 0.3) is 20.2 Å². The van der Waals surface area contributed by atoms with Crippen LogP contribution in [0.3, 0.4) is 0 Å². The minimum atomic E-state index is -4.45. The zero-order valence-electron chi connectivity index (χ0n) is 26.0. The van der Waals surface area contributed by atoms with Crippen LogP contribution >= 0.6 is 0 Å². The number of aliphatic hydroxyl groups excluding tert-OH is 1. The second-order valence-corrected chi connectivity index (χ2v) is 16.1. The first kappa shape index (κ1) is 31.7. The SMILES string of the molecule is CC1(C)C(/C=C/C(=C\C=C2\N3CCCc4ccc(S(=O)(=O)O)c(c43)C2(C)C)CCCO)=CN2CCc3ccc(S(=O)(=O)O)c1c32. The molecule has 4 aliphatic rings. The van der Waals surface area contributed by atoms with Crippen LogP contribution in [0.2, 0.25) is 0 Å². The van der Waals surface area contributed by atoms with Crippen molar-refractivity contribution in [1.29, 1.82) is 0 Å². The van der Waals surface area contributed by atoms with Crippen LogP contribution < -0.4 is 9.80 Å². The molecule has 45 heavy (non-hydrogen) atoms. The fourth-order valence-corrected chi connectivity index (χ4v) is 9.25. The van der Waals surface area contributed by atoms with Crippen molar-refractivity contribution in [2.24, 2.45) is 0 Å². The van der Waals surface area contributed by atoms with E-state index >= 15 is 0 Å². The quantitative estimate of drug-likeness (QED) is 0.246. The first-order valence-corrected chi connectivity index (χ1v) is 18.2. The lowest BCUT2D eigenvalue weighted by molar-refractivity contribution is 0.289. The Kier molecular flexibility index (Phi) is 7.72. The number of nitrogens with zero attached hydrogens (tertiary/aromatic N) is 2. The van der Waals surface area contributed by atoms with Crippen LogP contribution in [0.4, 0.5) is 11.4 Å². The van der Waals surface area contributed by atoms with E-state index < -0.39 is 31.1 Å². The molecule has 240 valence electrons. The van der Waals surface area contributed by atoms with E-state index in [2.05, 4.69) is 9.80 Å². The summed E-state index contributed by atoms with van der Waals surface area (Å²) >= 11 is 0. The third-order valence-corrected chi connectivity index (χ3v) is 11.6. The van der Waals surface area contributed by atoms with E-state index in [1.54, 1.807) is 12.1 Å². The fourth-order valence-electron chi connectivity index (χ4n) is 7.55. The average Bonchev–Trinajstić information content (AvgIpc) is 3.47. The van der Waals surface area contributed by atoms with Crippen molar-refractivity contribution in [2.75, 3.05) is 29.5 Å². The van der Waals surface area contributed by atoms with Gasteiger partial charge < -0.3 is 14.9 Å². The molecule has 2 aromatic carbocycles. The lowest BCUT2D eigenvalue weighted by Crippen LogP contribution is -2.32. The molecule has 0 amide bonds. The Balaban J connectivity index is 1.41. The number of aryl methyl sites for hydroxylation is 1. The first-order valence-electron chi connectivity index (χ1n) is 15.3. The molecular formula is C34H40N2O7S2. The second kappa shape index (κ2) is 10.9. The van der Waals surface area contributed by atoms with Crippen LogP contribution in [0.15, 0.2) is 81.4 Å². The van der Waals surface area contributed by atoms with E-state index in [4.69, 9.17) is 0 Å². The Morgan fingerprint density at radius 2 is 1.49 bits per heavy atom. The van der Waals surface area contributed by atoms with E-state index in [9.17, 15) is 31.0 Å². The molecule has 6 rings (SSSR count). The normalized spacial score (nSPS) is 21.0. The van der Waals surface area contributed by atoms with Crippen LogP contribution in [0.25, 0.3) is 0 Å². The van der Waals surface area contributed by atoms with Gasteiger partial charge >= 0.3 is 0 Å². The highest BCUT2D eigenvalue weighted by Gasteiger charge is 2.46. The highest BCUT2D eigenvalue weighted by Crippen LogP contribution is 2.54. The summed E-state index contributed by atoms with van der Waals surface area (Å²) in [5.41, 5.74) is 6.36. The summed E-state index contributed by atoms with van der Waals surface area (Å²) in [6.45, 7) is 9.33. The molecule has 0 aromatic heterocycles. The summed E-state index contributed by atoms with van der Waals surface area (Å²) in [5.74, 6) is 0. The molecule has 0 saturated carbocycles. The monoisotopic (exact) mass is 652 g/mol. The molecule has 0 atom stereocenters. The predicted octanol–water partition coefficient (Wildman–Crippen LogP) is 5.60. The van der Waals surface area contributed by atoms with Gasteiger partial charge in [-0.3, -0.25) is 9.11 Å². The summed E-state index contributed by atoms with van der Waals surface area (Å²) in [4.78, 5) is 4.08. The van der Waals surface area contributed by atoms with Gasteiger partial charge in [0.1, 0.15) is 9.79 Å². The molecule has 0 fully saturated rings. The Hall–Kier alpha value is -3.22. The van der Waals surface area contributed by atoms with Crippen molar-refractivity contribution in [1.82, 2.24) is 0 Å². The second-order valence-electron chi connectivity index (χ2n) is 13.3. The van der Waals surface area contributed by atoms with Gasteiger partial charge in [-0.15, -0.1) is 0 Å². The van der Waals surface area contributed by atoms with Gasteiger partial charge in [-0.2, -0.15) is 16.8 Å². The summed E-state index contributed by atoms with van der Waals surface area (Å²) in [6.07, 6.45) is 13.7. The molecule has 0 aliphatic carbocycles. The van der Waals surface area contributed by atoms with Crippen molar-refractivity contribution >= 4 is 31.6 Å². The lowest BCUT2D eigenvalue weighted by Gasteiger charge is -2.38. The zero-order valence-corrected chi connectivity index (χ0v) is 27.7. The van der Waals surface area contributed by atoms with E-state index in [1.807, 2.05) is 58.2 Å². The van der Waals surface area contributed by atoms with Gasteiger partial charge in [-0.1, -0.05) is 58.1 Å². The molecule has 0 saturated heterocycles. The summed E-state index contributed by atoms with van der Waals surface area (Å²) < 4.78 is 69.9. The van der Waals surface area contributed by atoms with Crippen LogP contribution in [0.5, 0.6) is 0 Å². The fraction of sp³-hybridized carbons (Fsp3) is 0.412. The Morgan fingerprint density at radius 1 is 0.867 bits per heavy atom. The van der Waals surface area contributed by atoms with E-state index in [0.717, 1.165) is 65.2 Å². The largest absolute Gasteiger partial charge is 0.396 e. The number of hydrogen-bond donors (Lipinski definition) is 3. The molecule has 0 unspecified atom stereocenters. The number of rotatable bonds is 8. The van der Waals surface area contributed by atoms with Gasteiger partial charge in [-0.05, 0) is 72.6 Å². The highest BCUT2D eigenvalue weighted by molar-refractivity contribution is 7.86. The molecule has 9 nitrogen and oxygen atoms in total. The Bertz CT molecular complexity index is 1930. The smallest absolute Gasteiger partial charge is 0.294 e. The number of benzene rings is 2. The van der Waals surface area contributed by atoms with Crippen molar-refractivity contribution in [3.05, 3.63) is 93.9 Å². The van der Waals surface area contributed by atoms with Crippen LogP contribution in [0.1, 0.15) is 69.2 Å². The zero-order chi connectivity index (χ0) is 32.5. The summed E-state index contributed by atoms with van der Waals surface area (Å²) in [7, 11) is -8.88. The van der Waals surface area contributed by atoms with Gasteiger partial charge in [0.05, 0.1) is 0 Å². The Labute approximate surface area is 265 Å². The standard InChI is InChI=1S/C34H40N2O7S2/c1-33(2)25(21-35-19-17-24-12-15-26(44(38,39)40)29(33)31(24)35)13-9-22(7-6-20-37)10-16-28-34(3,4)30-27(45(41,42)43)14-11-23-8-5-18-36(28)32(23)30/h9-16,21,37H,5-8,17-20H2,1-4H3,(H,38,39,40)(H,41,42,43)/b13-9+,22-10-,28-16+. The molecule has 4 aliphatic heterocycles. The number of aliphatic hydroxyl groups is 1. The van der Waals surface area contributed by atoms with Crippen molar-refractivity contribution < 1.29 is 31.0 Å². The van der Waals surface area contributed by atoms with Gasteiger partial charge in [0.2, 0.25) is 0 Å². The third kappa shape index (κ3) is 5.28. The van der Waals surface area contributed by atoms with E-state index in [-0.39, 0.29) is 16.4 Å². The van der Waals surface area contributed by atoms with Crippen molar-refractivity contribution in [3.63, 3.8) is 0 Å². The van der Waals surface area contributed by atoms with Crippen LogP contribution in [-0.2, 0) is 43.9 Å². The highest BCUT2D eigenvalue weighted by atomic mass is 32.2. The first-order chi connectivity index (χ1) is 21.1. The topological polar surface area (TPSA) is 135 Å². The maximum atomic E-state index is 12.4. The van der Waals surface area contributed by atoms with Gasteiger partial charge in [0.15, 0.2) is 0 Å².